The molecule has 540 valence electrons. The third-order valence-electron chi connectivity index (χ3n) is 18.0. The van der Waals surface area contributed by atoms with E-state index < -0.39 is 124 Å². The summed E-state index contributed by atoms with van der Waals surface area (Å²) in [6, 6.07) is -0.999. The topological polar surface area (TPSA) is 307 Å². The maximum atomic E-state index is 13.4. The van der Waals surface area contributed by atoms with Gasteiger partial charge in [0.25, 0.3) is 0 Å². The Balaban J connectivity index is 1.39. The summed E-state index contributed by atoms with van der Waals surface area (Å²) in [5.74, 6) is -0.290. The zero-order valence-electron chi connectivity index (χ0n) is 57.2. The molecule has 3 saturated heterocycles. The molecule has 17 unspecified atom stereocenters. The van der Waals surface area contributed by atoms with Gasteiger partial charge < -0.3 is 89.9 Å². The third-order valence-corrected chi connectivity index (χ3v) is 18.0. The van der Waals surface area contributed by atoms with E-state index in [9.17, 15) is 61.0 Å². The molecule has 0 saturated carbocycles. The molecule has 0 aromatic heterocycles. The van der Waals surface area contributed by atoms with Crippen molar-refractivity contribution in [3.05, 3.63) is 72.9 Å². The quantitative estimate of drug-likeness (QED) is 0.0199. The van der Waals surface area contributed by atoms with E-state index in [0.717, 1.165) is 57.8 Å². The molecule has 19 heteroatoms. The first-order valence-electron chi connectivity index (χ1n) is 36.7. The van der Waals surface area contributed by atoms with E-state index in [1.54, 1.807) is 6.08 Å². The molecule has 0 bridgehead atoms. The normalized spacial score (nSPS) is 27.9. The van der Waals surface area contributed by atoms with Crippen molar-refractivity contribution in [3.8, 4) is 0 Å². The van der Waals surface area contributed by atoms with Crippen molar-refractivity contribution in [3.63, 3.8) is 0 Å². The molecule has 0 aromatic rings. The minimum absolute atomic E-state index is 0.230. The fraction of sp³-hybridized carbons (Fsp3) is 0.824. The van der Waals surface area contributed by atoms with Crippen LogP contribution in [0.1, 0.15) is 258 Å². The second kappa shape index (κ2) is 55.1. The molecule has 3 heterocycles. The third kappa shape index (κ3) is 36.6. The van der Waals surface area contributed by atoms with Crippen molar-refractivity contribution in [2.75, 3.05) is 26.4 Å². The van der Waals surface area contributed by atoms with E-state index in [2.05, 4.69) is 79.9 Å². The van der Waals surface area contributed by atoms with E-state index >= 15 is 0 Å². The Morgan fingerprint density at radius 3 is 1.15 bits per heavy atom. The largest absolute Gasteiger partial charge is 0.394 e. The average Bonchev–Trinajstić information content (AvgIpc) is 0.900. The summed E-state index contributed by atoms with van der Waals surface area (Å²) in [7, 11) is 0. The zero-order valence-corrected chi connectivity index (χ0v) is 57.2. The minimum atomic E-state index is -1.98. The summed E-state index contributed by atoms with van der Waals surface area (Å²) in [5.41, 5.74) is 0. The number of rotatable bonds is 56. The van der Waals surface area contributed by atoms with Crippen molar-refractivity contribution < 1.29 is 89.4 Å². The molecule has 12 N–H and O–H groups in total. The number of carbonyl (C=O) groups excluding carboxylic acids is 1. The monoisotopic (exact) mass is 1320 g/mol. The van der Waals surface area contributed by atoms with Crippen LogP contribution in [-0.2, 0) is 33.2 Å². The summed E-state index contributed by atoms with van der Waals surface area (Å²) in [6.07, 6.45) is 43.1. The smallest absolute Gasteiger partial charge is 0.220 e. The number of aliphatic hydroxyl groups is 11. The summed E-state index contributed by atoms with van der Waals surface area (Å²) in [6.45, 7) is 1.69. The zero-order chi connectivity index (χ0) is 67.5. The highest BCUT2D eigenvalue weighted by atomic mass is 16.8. The predicted molar refractivity (Wildman–Crippen MR) is 365 cm³/mol. The summed E-state index contributed by atoms with van der Waals surface area (Å²) in [4.78, 5) is 13.4. The number of carbonyl (C=O) groups is 1. The molecule has 17 atom stereocenters. The van der Waals surface area contributed by atoms with Gasteiger partial charge in [0.1, 0.15) is 73.2 Å². The standard InChI is InChI=1S/C74H131NO18/c1-3-5-7-9-11-13-15-17-19-21-22-23-24-25-26-27-28-29-30-31-32-33-34-36-38-40-42-44-46-48-50-52-62(80)75-57(58(79)51-49-47-45-43-41-39-37-35-20-18-16-14-12-10-8-6-4-2)56-88-72-68(86)65(83)70(60(54-77)90-72)93-74-69(87)66(84)71(61(55-78)91-74)92-73-67(85)64(82)63(81)59(53-76)89-73/h15,17,20-22,24-25,35,41,43,49,51,57-61,63-74,76-79,81-87H,3-14,16,18-19,23,26-34,36-40,42,44-48,50,52-56H2,1-2H3,(H,75,80)/b17-15-,22-21-,25-24-,35-20+,43-41+,51-49+. The van der Waals surface area contributed by atoms with E-state index in [1.165, 1.54) is 167 Å². The number of hydrogen-bond acceptors (Lipinski definition) is 18. The highest BCUT2D eigenvalue weighted by Gasteiger charge is 2.53. The Kier molecular flexibility index (Phi) is 50.1. The van der Waals surface area contributed by atoms with Crippen LogP contribution in [0.25, 0.3) is 0 Å². The molecule has 93 heavy (non-hydrogen) atoms. The highest BCUT2D eigenvalue weighted by Crippen LogP contribution is 2.33. The van der Waals surface area contributed by atoms with E-state index in [1.807, 2.05) is 6.08 Å². The first-order valence-corrected chi connectivity index (χ1v) is 36.7. The fourth-order valence-electron chi connectivity index (χ4n) is 12.0. The van der Waals surface area contributed by atoms with Gasteiger partial charge >= 0.3 is 0 Å². The average molecular weight is 1320 g/mol. The number of unbranched alkanes of at least 4 members (excludes halogenated alkanes) is 30. The van der Waals surface area contributed by atoms with Crippen LogP contribution in [0.5, 0.6) is 0 Å². The first kappa shape index (κ1) is 84.5. The van der Waals surface area contributed by atoms with Crippen molar-refractivity contribution in [2.45, 2.75) is 362 Å². The van der Waals surface area contributed by atoms with Gasteiger partial charge in [-0.05, 0) is 83.5 Å². The first-order chi connectivity index (χ1) is 45.3. The molecular weight excluding hydrogens is 1190 g/mol. The van der Waals surface area contributed by atoms with Crippen LogP contribution in [-0.4, -0.2) is 193 Å². The number of allylic oxidation sites excluding steroid dienone is 11. The number of amides is 1. The lowest BCUT2D eigenvalue weighted by Crippen LogP contribution is -2.66. The molecule has 3 fully saturated rings. The Hall–Kier alpha value is -2.77. The van der Waals surface area contributed by atoms with Crippen molar-refractivity contribution in [2.24, 2.45) is 0 Å². The summed E-state index contributed by atoms with van der Waals surface area (Å²) in [5, 5.41) is 121. The Bertz CT molecular complexity index is 1970. The van der Waals surface area contributed by atoms with Gasteiger partial charge in [0.05, 0.1) is 38.6 Å². The maximum Gasteiger partial charge on any atom is 0.220 e. The van der Waals surface area contributed by atoms with Gasteiger partial charge in [-0.2, -0.15) is 0 Å². The molecule has 0 aromatic carbocycles. The predicted octanol–water partition coefficient (Wildman–Crippen LogP) is 10.5. The SMILES string of the molecule is CCCCCCC/C=C\C/C=C\C/C=C\CCCCCCCCCCCCCCCCCCC(=O)NC(COC1OC(CO)C(OC2OC(CO)C(OC3OC(CO)C(O)C(O)C3O)C(O)C2O)C(O)C1O)C(O)/C=C/CC/C=C/CC/C=C/CCCCCCCCC. The molecule has 0 radical (unpaired) electrons. The van der Waals surface area contributed by atoms with Crippen LogP contribution in [0.4, 0.5) is 0 Å². The molecule has 3 rings (SSSR count). The second-order valence-electron chi connectivity index (χ2n) is 26.0. The van der Waals surface area contributed by atoms with Crippen LogP contribution in [0.15, 0.2) is 72.9 Å². The van der Waals surface area contributed by atoms with Gasteiger partial charge in [-0.15, -0.1) is 0 Å². The lowest BCUT2D eigenvalue weighted by atomic mass is 9.96. The number of nitrogens with one attached hydrogen (secondary N) is 1. The molecule has 0 spiro atoms. The maximum absolute atomic E-state index is 13.4. The Labute approximate surface area is 559 Å². The molecule has 3 aliphatic rings. The van der Waals surface area contributed by atoms with Crippen LogP contribution >= 0.6 is 0 Å². The van der Waals surface area contributed by atoms with Crippen molar-refractivity contribution in [1.82, 2.24) is 5.32 Å². The van der Waals surface area contributed by atoms with E-state index in [0.29, 0.717) is 12.8 Å². The number of hydrogen-bond donors (Lipinski definition) is 12. The van der Waals surface area contributed by atoms with Crippen LogP contribution < -0.4 is 5.32 Å². The Morgan fingerprint density at radius 2 is 0.720 bits per heavy atom. The molecular formula is C74H131NO18. The van der Waals surface area contributed by atoms with Crippen molar-refractivity contribution in [1.29, 1.82) is 0 Å². The Morgan fingerprint density at radius 1 is 0.387 bits per heavy atom. The van der Waals surface area contributed by atoms with Gasteiger partial charge in [-0.1, -0.05) is 241 Å². The van der Waals surface area contributed by atoms with Gasteiger partial charge in [-0.25, -0.2) is 0 Å². The van der Waals surface area contributed by atoms with Gasteiger partial charge in [0.2, 0.25) is 5.91 Å². The summed E-state index contributed by atoms with van der Waals surface area (Å²) < 4.78 is 34.3. The summed E-state index contributed by atoms with van der Waals surface area (Å²) >= 11 is 0. The van der Waals surface area contributed by atoms with Gasteiger partial charge in [0, 0.05) is 6.42 Å². The minimum Gasteiger partial charge on any atom is -0.394 e. The van der Waals surface area contributed by atoms with Crippen LogP contribution in [0, 0.1) is 0 Å². The van der Waals surface area contributed by atoms with Crippen LogP contribution in [0.3, 0.4) is 0 Å². The van der Waals surface area contributed by atoms with Crippen molar-refractivity contribution >= 4 is 5.91 Å². The highest BCUT2D eigenvalue weighted by molar-refractivity contribution is 5.76. The number of aliphatic hydroxyl groups excluding tert-OH is 11. The molecule has 1 amide bonds. The van der Waals surface area contributed by atoms with E-state index in [4.69, 9.17) is 28.4 Å². The number of ether oxygens (including phenoxy) is 6. The van der Waals surface area contributed by atoms with Crippen LogP contribution in [0.2, 0.25) is 0 Å². The molecule has 19 nitrogen and oxygen atoms in total. The second-order valence-corrected chi connectivity index (χ2v) is 26.0. The van der Waals surface area contributed by atoms with E-state index in [-0.39, 0.29) is 18.9 Å². The van der Waals surface area contributed by atoms with Gasteiger partial charge in [0.15, 0.2) is 18.9 Å². The molecule has 0 aliphatic carbocycles. The van der Waals surface area contributed by atoms with Gasteiger partial charge in [-0.3, -0.25) is 4.79 Å². The lowest BCUT2D eigenvalue weighted by Gasteiger charge is -2.48. The lowest BCUT2D eigenvalue weighted by molar-refractivity contribution is -0.379. The molecule has 3 aliphatic heterocycles. The fourth-order valence-corrected chi connectivity index (χ4v) is 12.0.